The number of hydrogen-bond acceptors (Lipinski definition) is 4. The first-order valence-electron chi connectivity index (χ1n) is 4.57. The predicted octanol–water partition coefficient (Wildman–Crippen LogP) is 1.46. The molecule has 106 valence electrons. The molecule has 0 heterocycles. The molecule has 1 aromatic rings. The average molecular weight is 315 g/mol. The van der Waals surface area contributed by atoms with Gasteiger partial charge in [-0.1, -0.05) is 30.9 Å². The first-order valence-corrected chi connectivity index (χ1v) is 7.54. The van der Waals surface area contributed by atoms with Crippen molar-refractivity contribution in [3.63, 3.8) is 0 Å². The summed E-state index contributed by atoms with van der Waals surface area (Å²) < 4.78 is 78.4. The molecule has 19 heavy (non-hydrogen) atoms. The third-order valence-corrected chi connectivity index (χ3v) is 5.88. The van der Waals surface area contributed by atoms with E-state index < -0.39 is 29.3 Å². The van der Waals surface area contributed by atoms with Gasteiger partial charge in [-0.3, -0.25) is 0 Å². The van der Waals surface area contributed by atoms with Gasteiger partial charge in [-0.15, -0.1) is 4.48 Å². The Hall–Kier alpha value is -1.39. The molecule has 0 aliphatic carbocycles. The minimum Gasteiger partial charge on any atom is -0.216 e. The molecular weight excluding hydrogens is 307 g/mol. The summed E-state index contributed by atoms with van der Waals surface area (Å²) >= 11 is 0. The van der Waals surface area contributed by atoms with Crippen LogP contribution in [0.1, 0.15) is 5.56 Å². The Bertz CT molecular complexity index is 698. The van der Waals surface area contributed by atoms with E-state index >= 15 is 0 Å². The van der Waals surface area contributed by atoms with Crippen LogP contribution in [-0.4, -0.2) is 21.4 Å². The summed E-state index contributed by atoms with van der Waals surface area (Å²) in [5.41, 5.74) is -0.226. The predicted molar refractivity (Wildman–Crippen MR) is 61.8 cm³/mol. The van der Waals surface area contributed by atoms with Crippen molar-refractivity contribution in [3.8, 4) is 0 Å². The summed E-state index contributed by atoms with van der Waals surface area (Å²) in [7, 11) is -11.6. The molecule has 0 spiro atoms. The molecule has 0 fully saturated rings. The largest absolute Gasteiger partial charge is 0.465 e. The first-order chi connectivity index (χ1) is 8.61. The number of hydrogen-bond donors (Lipinski definition) is 1. The van der Waals surface area contributed by atoms with E-state index in [9.17, 15) is 30.1 Å². The fraction of sp³-hybridized carbons (Fsp3) is 0.111. The number of rotatable bonds is 5. The quantitative estimate of drug-likeness (QED) is 0.834. The minimum atomic E-state index is -6.00. The second-order valence-corrected chi connectivity index (χ2v) is 7.18. The van der Waals surface area contributed by atoms with Gasteiger partial charge in [0.25, 0.3) is 9.84 Å². The molecule has 0 unspecified atom stereocenters. The molecule has 1 aromatic carbocycles. The van der Waals surface area contributed by atoms with Crippen LogP contribution in [0.4, 0.5) is 13.3 Å². The molecule has 0 aliphatic rings. The van der Waals surface area contributed by atoms with Gasteiger partial charge in [0.05, 0.1) is 4.90 Å². The number of nitrogens with one attached hydrogen (secondary N) is 1. The average Bonchev–Trinajstić information content (AvgIpc) is 2.38. The molecule has 0 radical (unpaired) electrons. The third kappa shape index (κ3) is 2.38. The Morgan fingerprint density at radius 3 is 2.16 bits per heavy atom. The molecule has 0 atom stereocenters. The van der Waals surface area contributed by atoms with Gasteiger partial charge in [0.1, 0.15) is 0 Å². The van der Waals surface area contributed by atoms with Crippen LogP contribution in [0.2, 0.25) is 0 Å². The fourth-order valence-electron chi connectivity index (χ4n) is 1.21. The Balaban J connectivity index is 3.62. The highest BCUT2D eigenvalue weighted by Crippen LogP contribution is 2.35. The number of alkyl halides is 2. The van der Waals surface area contributed by atoms with Crippen molar-refractivity contribution in [2.45, 2.75) is 9.48 Å². The summed E-state index contributed by atoms with van der Waals surface area (Å²) in [6.45, 7) is 3.22. The van der Waals surface area contributed by atoms with E-state index in [2.05, 4.69) is 6.58 Å². The van der Waals surface area contributed by atoms with Gasteiger partial charge < -0.3 is 0 Å². The number of sulfonamides is 1. The minimum absolute atomic E-state index is 0.188. The van der Waals surface area contributed by atoms with E-state index in [0.717, 1.165) is 24.3 Å². The second-order valence-electron chi connectivity index (χ2n) is 3.29. The molecule has 0 amide bonds. The van der Waals surface area contributed by atoms with Crippen LogP contribution in [0.5, 0.6) is 0 Å². The van der Waals surface area contributed by atoms with E-state index in [0.29, 0.717) is 0 Å². The molecule has 1 N–H and O–H groups in total. The van der Waals surface area contributed by atoms with Crippen LogP contribution in [0, 0.1) is 0 Å². The van der Waals surface area contributed by atoms with Crippen molar-refractivity contribution in [3.05, 3.63) is 36.4 Å². The van der Waals surface area contributed by atoms with Gasteiger partial charge in [0.2, 0.25) is 0 Å². The van der Waals surface area contributed by atoms with Crippen molar-refractivity contribution in [2.24, 2.45) is 0 Å². The Kier molecular flexibility index (Phi) is 4.08. The monoisotopic (exact) mass is 315 g/mol. The van der Waals surface area contributed by atoms with E-state index in [1.165, 1.54) is 6.07 Å². The van der Waals surface area contributed by atoms with Crippen LogP contribution in [0.3, 0.4) is 0 Å². The maximum atomic E-state index is 13.5. The number of halogens is 3. The highest BCUT2D eigenvalue weighted by Gasteiger charge is 2.59. The van der Waals surface area contributed by atoms with Crippen LogP contribution in [0.15, 0.2) is 35.7 Å². The Labute approximate surface area is 107 Å². The molecule has 0 saturated heterocycles. The Morgan fingerprint density at radius 1 is 1.16 bits per heavy atom. The maximum absolute atomic E-state index is 13.5. The third-order valence-electron chi connectivity index (χ3n) is 2.16. The van der Waals surface area contributed by atoms with Crippen LogP contribution < -0.4 is 4.94 Å². The molecule has 1 rings (SSSR count). The molecule has 0 aromatic heterocycles. The van der Waals surface area contributed by atoms with Crippen molar-refractivity contribution in [1.29, 1.82) is 0 Å². The van der Waals surface area contributed by atoms with Gasteiger partial charge in [0, 0.05) is 0 Å². The summed E-state index contributed by atoms with van der Waals surface area (Å²) in [4.78, 5) is -1.15. The zero-order valence-corrected chi connectivity index (χ0v) is 10.8. The molecule has 10 heteroatoms. The van der Waals surface area contributed by atoms with Crippen molar-refractivity contribution >= 4 is 25.9 Å². The summed E-state index contributed by atoms with van der Waals surface area (Å²) in [6.07, 6.45) is 0.957. The van der Waals surface area contributed by atoms with Crippen LogP contribution in [-0.2, 0) is 19.9 Å². The number of sulfone groups is 1. The molecule has 0 bridgehead atoms. The van der Waals surface area contributed by atoms with Gasteiger partial charge in [-0.05, 0) is 16.6 Å². The lowest BCUT2D eigenvalue weighted by Crippen LogP contribution is -2.43. The lowest BCUT2D eigenvalue weighted by Gasteiger charge is -2.16. The highest BCUT2D eigenvalue weighted by atomic mass is 32.3. The van der Waals surface area contributed by atoms with E-state index in [1.807, 2.05) is 0 Å². The zero-order chi connectivity index (χ0) is 14.9. The SMILES string of the molecule is C=Cc1ccccc1S(=O)(=O)C(F)(F)S(=O)(=O)NF. The van der Waals surface area contributed by atoms with Gasteiger partial charge in [0.15, 0.2) is 0 Å². The molecular formula is C9H8F3NO4S2. The summed E-state index contributed by atoms with van der Waals surface area (Å²) in [5.74, 6) is 0. The maximum Gasteiger partial charge on any atom is 0.465 e. The molecule has 0 saturated carbocycles. The fourth-order valence-corrected chi connectivity index (χ4v) is 3.80. The summed E-state index contributed by atoms with van der Waals surface area (Å²) in [5, 5.41) is 0. The summed E-state index contributed by atoms with van der Waals surface area (Å²) in [6, 6.07) is 4.38. The van der Waals surface area contributed by atoms with E-state index in [4.69, 9.17) is 0 Å². The number of benzene rings is 1. The van der Waals surface area contributed by atoms with Gasteiger partial charge >= 0.3 is 14.6 Å². The normalized spacial score (nSPS) is 13.2. The van der Waals surface area contributed by atoms with Crippen molar-refractivity contribution in [1.82, 2.24) is 4.94 Å². The van der Waals surface area contributed by atoms with Crippen molar-refractivity contribution < 1.29 is 30.1 Å². The van der Waals surface area contributed by atoms with Crippen LogP contribution in [0.25, 0.3) is 6.08 Å². The molecule has 5 nitrogen and oxygen atoms in total. The van der Waals surface area contributed by atoms with Crippen molar-refractivity contribution in [2.75, 3.05) is 0 Å². The smallest absolute Gasteiger partial charge is 0.216 e. The zero-order valence-electron chi connectivity index (χ0n) is 9.18. The Morgan fingerprint density at radius 2 is 1.68 bits per heavy atom. The molecule has 0 aliphatic heterocycles. The van der Waals surface area contributed by atoms with Crippen LogP contribution >= 0.6 is 0 Å². The lowest BCUT2D eigenvalue weighted by molar-refractivity contribution is 0.173. The highest BCUT2D eigenvalue weighted by molar-refractivity contribution is 8.08. The van der Waals surface area contributed by atoms with E-state index in [-0.39, 0.29) is 10.5 Å². The topological polar surface area (TPSA) is 80.3 Å². The van der Waals surface area contributed by atoms with E-state index in [1.54, 1.807) is 0 Å². The lowest BCUT2D eigenvalue weighted by atomic mass is 10.2. The first kappa shape index (κ1) is 15.7. The standard InChI is InChI=1S/C9H8F3NO4S2/c1-2-7-5-3-4-6-8(7)18(14,15)9(10,11)19(16,17)13-12/h2-6,13H,1H2. The van der Waals surface area contributed by atoms with Gasteiger partial charge in [-0.25, -0.2) is 16.8 Å². The van der Waals surface area contributed by atoms with Gasteiger partial charge in [-0.2, -0.15) is 8.78 Å². The second kappa shape index (κ2) is 4.94.